The number of anilines is 2. The van der Waals surface area contributed by atoms with E-state index in [9.17, 15) is 9.59 Å². The van der Waals surface area contributed by atoms with E-state index in [0.29, 0.717) is 16.9 Å². The first-order valence-electron chi connectivity index (χ1n) is 7.26. The van der Waals surface area contributed by atoms with Crippen LogP contribution in [0.15, 0.2) is 61.2 Å². The van der Waals surface area contributed by atoms with E-state index in [1.54, 1.807) is 47.4 Å². The van der Waals surface area contributed by atoms with Gasteiger partial charge in [-0.3, -0.25) is 9.59 Å². The highest BCUT2D eigenvalue weighted by Gasteiger charge is 2.08. The zero-order valence-electron chi connectivity index (χ0n) is 12.9. The number of hydrogen-bond donors (Lipinski definition) is 2. The number of aromatic nitrogens is 3. The molecule has 0 aliphatic heterocycles. The first-order valence-corrected chi connectivity index (χ1v) is 7.26. The molecule has 0 aliphatic carbocycles. The van der Waals surface area contributed by atoms with Gasteiger partial charge in [0.2, 0.25) is 5.91 Å². The van der Waals surface area contributed by atoms with Gasteiger partial charge in [-0.25, -0.2) is 9.67 Å². The van der Waals surface area contributed by atoms with E-state index >= 15 is 0 Å². The van der Waals surface area contributed by atoms with Crippen molar-refractivity contribution < 1.29 is 9.59 Å². The third kappa shape index (κ3) is 3.64. The number of carbonyl (C=O) groups excluding carboxylic acids is 2. The Balaban J connectivity index is 1.71. The van der Waals surface area contributed by atoms with Crippen LogP contribution in [0.4, 0.5) is 11.4 Å². The predicted octanol–water partition coefficient (Wildman–Crippen LogP) is 2.48. The molecule has 120 valence electrons. The zero-order chi connectivity index (χ0) is 16.9. The van der Waals surface area contributed by atoms with Crippen molar-refractivity contribution in [3.8, 4) is 5.69 Å². The van der Waals surface area contributed by atoms with Crippen LogP contribution in [0.1, 0.15) is 17.3 Å². The molecule has 3 rings (SSSR count). The van der Waals surface area contributed by atoms with Crippen molar-refractivity contribution in [3.05, 3.63) is 66.7 Å². The van der Waals surface area contributed by atoms with E-state index in [1.807, 2.05) is 12.1 Å². The van der Waals surface area contributed by atoms with E-state index in [-0.39, 0.29) is 11.8 Å². The number of benzene rings is 2. The summed E-state index contributed by atoms with van der Waals surface area (Å²) < 4.78 is 1.63. The Bertz CT molecular complexity index is 857. The van der Waals surface area contributed by atoms with Crippen molar-refractivity contribution in [1.82, 2.24) is 14.8 Å². The van der Waals surface area contributed by atoms with Crippen molar-refractivity contribution in [3.63, 3.8) is 0 Å². The smallest absolute Gasteiger partial charge is 0.255 e. The number of amides is 2. The van der Waals surface area contributed by atoms with Gasteiger partial charge in [-0.05, 0) is 42.5 Å². The Morgan fingerprint density at radius 1 is 1.00 bits per heavy atom. The highest BCUT2D eigenvalue weighted by Crippen LogP contribution is 2.15. The van der Waals surface area contributed by atoms with Gasteiger partial charge < -0.3 is 10.6 Å². The molecule has 7 heteroatoms. The molecule has 0 spiro atoms. The van der Waals surface area contributed by atoms with Gasteiger partial charge in [0.25, 0.3) is 5.91 Å². The molecule has 7 nitrogen and oxygen atoms in total. The molecular weight excluding hydrogens is 306 g/mol. The third-order valence-electron chi connectivity index (χ3n) is 3.25. The van der Waals surface area contributed by atoms with Gasteiger partial charge in [0.05, 0.1) is 5.69 Å². The maximum Gasteiger partial charge on any atom is 0.255 e. The number of hydrogen-bond acceptors (Lipinski definition) is 4. The fourth-order valence-electron chi connectivity index (χ4n) is 2.18. The van der Waals surface area contributed by atoms with Crippen LogP contribution in [-0.2, 0) is 4.79 Å². The molecule has 3 aromatic rings. The van der Waals surface area contributed by atoms with Gasteiger partial charge in [-0.2, -0.15) is 5.10 Å². The summed E-state index contributed by atoms with van der Waals surface area (Å²) in [6.45, 7) is 1.42. The second kappa shape index (κ2) is 6.74. The molecule has 1 aromatic heterocycles. The predicted molar refractivity (Wildman–Crippen MR) is 90.1 cm³/mol. The van der Waals surface area contributed by atoms with Gasteiger partial charge in [0.15, 0.2) is 0 Å². The van der Waals surface area contributed by atoms with Crippen molar-refractivity contribution in [2.24, 2.45) is 0 Å². The summed E-state index contributed by atoms with van der Waals surface area (Å²) in [5.41, 5.74) is 2.55. The van der Waals surface area contributed by atoms with E-state index in [0.717, 1.165) is 5.69 Å². The average Bonchev–Trinajstić information content (AvgIpc) is 3.09. The van der Waals surface area contributed by atoms with Gasteiger partial charge in [-0.1, -0.05) is 6.07 Å². The van der Waals surface area contributed by atoms with Crippen molar-refractivity contribution in [2.75, 3.05) is 10.6 Å². The van der Waals surface area contributed by atoms with Crippen LogP contribution in [0.5, 0.6) is 0 Å². The van der Waals surface area contributed by atoms with Crippen LogP contribution in [-0.4, -0.2) is 26.6 Å². The molecule has 2 N–H and O–H groups in total. The summed E-state index contributed by atoms with van der Waals surface area (Å²) in [5, 5.41) is 9.51. The third-order valence-corrected chi connectivity index (χ3v) is 3.25. The van der Waals surface area contributed by atoms with E-state index in [2.05, 4.69) is 20.7 Å². The molecule has 0 aliphatic rings. The Hall–Kier alpha value is -3.48. The minimum Gasteiger partial charge on any atom is -0.326 e. The van der Waals surface area contributed by atoms with Crippen LogP contribution >= 0.6 is 0 Å². The highest BCUT2D eigenvalue weighted by molar-refractivity contribution is 6.05. The normalized spacial score (nSPS) is 10.2. The van der Waals surface area contributed by atoms with Crippen molar-refractivity contribution in [1.29, 1.82) is 0 Å². The fraction of sp³-hybridized carbons (Fsp3) is 0.0588. The van der Waals surface area contributed by atoms with Crippen molar-refractivity contribution >= 4 is 23.2 Å². The van der Waals surface area contributed by atoms with Crippen LogP contribution in [0, 0.1) is 0 Å². The van der Waals surface area contributed by atoms with E-state index in [4.69, 9.17) is 0 Å². The lowest BCUT2D eigenvalue weighted by molar-refractivity contribution is -0.114. The molecule has 0 saturated carbocycles. The maximum atomic E-state index is 12.3. The fourth-order valence-corrected chi connectivity index (χ4v) is 2.18. The van der Waals surface area contributed by atoms with E-state index in [1.165, 1.54) is 13.3 Å². The maximum absolute atomic E-state index is 12.3. The number of nitrogens with zero attached hydrogens (tertiary/aromatic N) is 3. The molecule has 0 unspecified atom stereocenters. The molecule has 0 atom stereocenters. The second-order valence-electron chi connectivity index (χ2n) is 5.10. The number of carbonyl (C=O) groups is 2. The number of rotatable bonds is 4. The molecule has 24 heavy (non-hydrogen) atoms. The molecule has 2 aromatic carbocycles. The van der Waals surface area contributed by atoms with Gasteiger partial charge in [-0.15, -0.1) is 0 Å². The lowest BCUT2D eigenvalue weighted by Crippen LogP contribution is -2.13. The Kier molecular flexibility index (Phi) is 4.33. The van der Waals surface area contributed by atoms with Crippen LogP contribution < -0.4 is 10.6 Å². The first kappa shape index (κ1) is 15.4. The summed E-state index contributed by atoms with van der Waals surface area (Å²) in [4.78, 5) is 27.3. The molecule has 0 saturated heterocycles. The summed E-state index contributed by atoms with van der Waals surface area (Å²) >= 11 is 0. The van der Waals surface area contributed by atoms with Crippen LogP contribution in [0.25, 0.3) is 5.69 Å². The molecule has 0 fully saturated rings. The summed E-state index contributed by atoms with van der Waals surface area (Å²) in [7, 11) is 0. The zero-order valence-corrected chi connectivity index (χ0v) is 12.9. The van der Waals surface area contributed by atoms with Crippen molar-refractivity contribution in [2.45, 2.75) is 6.92 Å². The molecular formula is C17H15N5O2. The minimum absolute atomic E-state index is 0.184. The Morgan fingerprint density at radius 3 is 2.46 bits per heavy atom. The summed E-state index contributed by atoms with van der Waals surface area (Å²) in [5.74, 6) is -0.438. The Morgan fingerprint density at radius 2 is 1.79 bits per heavy atom. The Labute approximate surface area is 138 Å². The average molecular weight is 321 g/mol. The minimum atomic E-state index is -0.254. The van der Waals surface area contributed by atoms with Crippen LogP contribution in [0.2, 0.25) is 0 Å². The first-order chi connectivity index (χ1) is 11.6. The summed E-state index contributed by atoms with van der Waals surface area (Å²) in [6.07, 6.45) is 3.05. The van der Waals surface area contributed by atoms with Crippen LogP contribution in [0.3, 0.4) is 0 Å². The molecule has 1 heterocycles. The van der Waals surface area contributed by atoms with E-state index < -0.39 is 0 Å². The monoisotopic (exact) mass is 321 g/mol. The van der Waals surface area contributed by atoms with Gasteiger partial charge >= 0.3 is 0 Å². The number of nitrogens with one attached hydrogen (secondary N) is 2. The molecule has 0 radical (unpaired) electrons. The second-order valence-corrected chi connectivity index (χ2v) is 5.10. The quantitative estimate of drug-likeness (QED) is 0.772. The lowest BCUT2D eigenvalue weighted by Gasteiger charge is -2.08. The highest BCUT2D eigenvalue weighted by atomic mass is 16.2. The van der Waals surface area contributed by atoms with Gasteiger partial charge in [0.1, 0.15) is 12.7 Å². The molecule has 0 bridgehead atoms. The van der Waals surface area contributed by atoms with Gasteiger partial charge in [0, 0.05) is 23.9 Å². The largest absolute Gasteiger partial charge is 0.326 e. The summed E-state index contributed by atoms with van der Waals surface area (Å²) in [6, 6.07) is 14.0. The standard InChI is InChI=1S/C17H15N5O2/c1-12(23)20-15-4-2-3-13(9-15)17(24)21-14-5-7-16(8-6-14)22-11-18-10-19-22/h2-11H,1H3,(H,20,23)(H,21,24). The SMILES string of the molecule is CC(=O)Nc1cccc(C(=O)Nc2ccc(-n3cncn3)cc2)c1. The lowest BCUT2D eigenvalue weighted by atomic mass is 10.1. The topological polar surface area (TPSA) is 88.9 Å². The molecule has 2 amide bonds.